The summed E-state index contributed by atoms with van der Waals surface area (Å²) in [5.41, 5.74) is 4.24. The van der Waals surface area contributed by atoms with Crippen molar-refractivity contribution in [3.05, 3.63) is 29.3 Å². The van der Waals surface area contributed by atoms with Crippen molar-refractivity contribution >= 4 is 5.69 Å². The first-order valence-electron chi connectivity index (χ1n) is 6.57. The number of fused-ring (bicyclic) bond motifs is 1. The van der Waals surface area contributed by atoms with Crippen LogP contribution in [0.1, 0.15) is 17.5 Å². The van der Waals surface area contributed by atoms with Crippen LogP contribution in [0, 0.1) is 0 Å². The zero-order valence-electron chi connectivity index (χ0n) is 10.2. The van der Waals surface area contributed by atoms with Crippen molar-refractivity contribution < 1.29 is 4.74 Å². The van der Waals surface area contributed by atoms with E-state index in [2.05, 4.69) is 28.4 Å². The first kappa shape index (κ1) is 11.1. The van der Waals surface area contributed by atoms with Crippen LogP contribution in [0.5, 0.6) is 0 Å². The van der Waals surface area contributed by atoms with Crippen molar-refractivity contribution in [1.82, 2.24) is 4.90 Å². The lowest BCUT2D eigenvalue weighted by Gasteiger charge is -2.27. The van der Waals surface area contributed by atoms with Crippen molar-refractivity contribution in [2.24, 2.45) is 0 Å². The Labute approximate surface area is 103 Å². The maximum Gasteiger partial charge on any atom is 0.0594 e. The molecular weight excluding hydrogens is 212 g/mol. The molecule has 0 radical (unpaired) electrons. The van der Waals surface area contributed by atoms with Gasteiger partial charge in [-0.15, -0.1) is 0 Å². The molecule has 2 aliphatic rings. The summed E-state index contributed by atoms with van der Waals surface area (Å²) in [6.07, 6.45) is 2.48. The molecule has 0 spiro atoms. The van der Waals surface area contributed by atoms with Crippen LogP contribution < -0.4 is 5.32 Å². The second-order valence-corrected chi connectivity index (χ2v) is 4.91. The van der Waals surface area contributed by atoms with Gasteiger partial charge in [0.05, 0.1) is 13.2 Å². The Bertz CT molecular complexity index is 386. The van der Waals surface area contributed by atoms with E-state index in [0.717, 1.165) is 39.4 Å². The molecule has 1 fully saturated rings. The van der Waals surface area contributed by atoms with Crippen molar-refractivity contribution in [2.75, 3.05) is 38.2 Å². The summed E-state index contributed by atoms with van der Waals surface area (Å²) in [6.45, 7) is 6.05. The third-order valence-electron chi connectivity index (χ3n) is 3.62. The van der Waals surface area contributed by atoms with Gasteiger partial charge < -0.3 is 10.1 Å². The van der Waals surface area contributed by atoms with E-state index in [1.54, 1.807) is 0 Å². The molecular formula is C14H20N2O. The number of benzene rings is 1. The quantitative estimate of drug-likeness (QED) is 0.842. The Kier molecular flexibility index (Phi) is 3.29. The van der Waals surface area contributed by atoms with Gasteiger partial charge in [-0.05, 0) is 30.0 Å². The smallest absolute Gasteiger partial charge is 0.0594 e. The van der Waals surface area contributed by atoms with Crippen molar-refractivity contribution in [1.29, 1.82) is 0 Å². The zero-order chi connectivity index (χ0) is 11.5. The van der Waals surface area contributed by atoms with E-state index in [4.69, 9.17) is 4.74 Å². The molecule has 92 valence electrons. The minimum Gasteiger partial charge on any atom is -0.385 e. The molecule has 3 rings (SSSR count). The number of hydrogen-bond acceptors (Lipinski definition) is 3. The minimum atomic E-state index is 0.878. The van der Waals surface area contributed by atoms with Gasteiger partial charge >= 0.3 is 0 Å². The van der Waals surface area contributed by atoms with E-state index < -0.39 is 0 Å². The maximum absolute atomic E-state index is 5.37. The van der Waals surface area contributed by atoms with Crippen LogP contribution in [0.15, 0.2) is 18.2 Å². The van der Waals surface area contributed by atoms with Crippen LogP contribution >= 0.6 is 0 Å². The van der Waals surface area contributed by atoms with Crippen LogP contribution in [0.3, 0.4) is 0 Å². The largest absolute Gasteiger partial charge is 0.385 e. The van der Waals surface area contributed by atoms with Crippen molar-refractivity contribution in [2.45, 2.75) is 19.4 Å². The lowest BCUT2D eigenvalue weighted by atomic mass is 10.0. The van der Waals surface area contributed by atoms with Gasteiger partial charge in [0.2, 0.25) is 0 Å². The van der Waals surface area contributed by atoms with Crippen LogP contribution in [0.25, 0.3) is 0 Å². The molecule has 17 heavy (non-hydrogen) atoms. The van der Waals surface area contributed by atoms with Gasteiger partial charge in [-0.3, -0.25) is 4.90 Å². The summed E-state index contributed by atoms with van der Waals surface area (Å²) in [5.74, 6) is 0. The monoisotopic (exact) mass is 232 g/mol. The van der Waals surface area contributed by atoms with E-state index in [1.807, 2.05) is 0 Å². The Morgan fingerprint density at radius 2 is 2.12 bits per heavy atom. The summed E-state index contributed by atoms with van der Waals surface area (Å²) < 4.78 is 5.37. The fourth-order valence-corrected chi connectivity index (χ4v) is 2.62. The van der Waals surface area contributed by atoms with Crippen molar-refractivity contribution in [3.63, 3.8) is 0 Å². The fraction of sp³-hybridized carbons (Fsp3) is 0.571. The number of rotatable bonds is 2. The average Bonchev–Trinajstić information content (AvgIpc) is 2.40. The minimum absolute atomic E-state index is 0.878. The number of anilines is 1. The molecule has 1 N–H and O–H groups in total. The second kappa shape index (κ2) is 5.07. The molecule has 0 aromatic heterocycles. The number of aryl methyl sites for hydroxylation is 1. The van der Waals surface area contributed by atoms with Crippen LogP contribution in [0.2, 0.25) is 0 Å². The van der Waals surface area contributed by atoms with E-state index in [1.165, 1.54) is 29.7 Å². The maximum atomic E-state index is 5.37. The van der Waals surface area contributed by atoms with Crippen LogP contribution in [-0.4, -0.2) is 37.7 Å². The van der Waals surface area contributed by atoms with E-state index in [-0.39, 0.29) is 0 Å². The highest BCUT2D eigenvalue weighted by molar-refractivity contribution is 5.54. The number of hydrogen-bond donors (Lipinski definition) is 1. The summed E-state index contributed by atoms with van der Waals surface area (Å²) in [6, 6.07) is 6.89. The highest BCUT2D eigenvalue weighted by Crippen LogP contribution is 2.23. The molecule has 0 unspecified atom stereocenters. The second-order valence-electron chi connectivity index (χ2n) is 4.91. The number of ether oxygens (including phenoxy) is 1. The third-order valence-corrected chi connectivity index (χ3v) is 3.62. The Hall–Kier alpha value is -1.06. The van der Waals surface area contributed by atoms with Gasteiger partial charge in [0.25, 0.3) is 0 Å². The van der Waals surface area contributed by atoms with Crippen molar-refractivity contribution in [3.8, 4) is 0 Å². The SMILES string of the molecule is c1cc2c(cc1CN1CCOCC1)NCCC2. The molecule has 3 nitrogen and oxygen atoms in total. The van der Waals surface area contributed by atoms with E-state index >= 15 is 0 Å². The zero-order valence-corrected chi connectivity index (χ0v) is 10.2. The van der Waals surface area contributed by atoms with Gasteiger partial charge in [-0.1, -0.05) is 12.1 Å². The predicted octanol–water partition coefficient (Wildman–Crippen LogP) is 1.88. The van der Waals surface area contributed by atoms with Gasteiger partial charge in [-0.2, -0.15) is 0 Å². The van der Waals surface area contributed by atoms with Crippen LogP contribution in [-0.2, 0) is 17.7 Å². The number of nitrogens with one attached hydrogen (secondary N) is 1. The summed E-state index contributed by atoms with van der Waals surface area (Å²) >= 11 is 0. The summed E-state index contributed by atoms with van der Waals surface area (Å²) in [4.78, 5) is 2.47. The lowest BCUT2D eigenvalue weighted by molar-refractivity contribution is 0.0342. The molecule has 0 atom stereocenters. The standard InChI is InChI=1S/C14H20N2O/c1-2-13-4-3-12(10-14(13)15-5-1)11-16-6-8-17-9-7-16/h3-4,10,15H,1-2,5-9,11H2. The Morgan fingerprint density at radius 3 is 3.00 bits per heavy atom. The lowest BCUT2D eigenvalue weighted by Crippen LogP contribution is -2.35. The summed E-state index contributed by atoms with van der Waals surface area (Å²) in [7, 11) is 0. The molecule has 2 aliphatic heterocycles. The third kappa shape index (κ3) is 2.61. The molecule has 3 heteroatoms. The first-order valence-corrected chi connectivity index (χ1v) is 6.57. The number of morpholine rings is 1. The fourth-order valence-electron chi connectivity index (χ4n) is 2.62. The Morgan fingerprint density at radius 1 is 1.24 bits per heavy atom. The molecule has 0 aliphatic carbocycles. The molecule has 0 saturated carbocycles. The average molecular weight is 232 g/mol. The van der Waals surface area contributed by atoms with Gasteiger partial charge in [0.1, 0.15) is 0 Å². The van der Waals surface area contributed by atoms with Crippen LogP contribution in [0.4, 0.5) is 5.69 Å². The van der Waals surface area contributed by atoms with E-state index in [0.29, 0.717) is 0 Å². The van der Waals surface area contributed by atoms with Gasteiger partial charge in [-0.25, -0.2) is 0 Å². The predicted molar refractivity (Wildman–Crippen MR) is 69.3 cm³/mol. The summed E-state index contributed by atoms with van der Waals surface area (Å²) in [5, 5.41) is 3.50. The van der Waals surface area contributed by atoms with Gasteiger partial charge in [0.15, 0.2) is 0 Å². The Balaban J connectivity index is 1.70. The highest BCUT2D eigenvalue weighted by atomic mass is 16.5. The number of nitrogens with zero attached hydrogens (tertiary/aromatic N) is 1. The first-order chi connectivity index (χ1) is 8.42. The normalized spacial score (nSPS) is 20.7. The molecule has 1 aromatic carbocycles. The molecule has 2 heterocycles. The molecule has 0 amide bonds. The molecule has 1 saturated heterocycles. The molecule has 0 bridgehead atoms. The highest BCUT2D eigenvalue weighted by Gasteiger charge is 2.13. The van der Waals surface area contributed by atoms with E-state index in [9.17, 15) is 0 Å². The topological polar surface area (TPSA) is 24.5 Å². The molecule has 1 aromatic rings. The van der Waals surface area contributed by atoms with Gasteiger partial charge in [0, 0.05) is 31.9 Å².